The monoisotopic (exact) mass is 456 g/mol. The summed E-state index contributed by atoms with van der Waals surface area (Å²) in [5.74, 6) is 2.05. The molecule has 8 nitrogen and oxygen atoms in total. The summed E-state index contributed by atoms with van der Waals surface area (Å²) in [6, 6.07) is 12.7. The second-order valence-electron chi connectivity index (χ2n) is 7.66. The highest BCUT2D eigenvalue weighted by Gasteiger charge is 2.27. The lowest BCUT2D eigenvalue weighted by molar-refractivity contribution is -0.121. The van der Waals surface area contributed by atoms with Crippen LogP contribution in [0.25, 0.3) is 11.4 Å². The van der Waals surface area contributed by atoms with Gasteiger partial charge in [-0.2, -0.15) is 4.98 Å². The zero-order chi connectivity index (χ0) is 22.5. The van der Waals surface area contributed by atoms with E-state index in [-0.39, 0.29) is 11.8 Å². The number of benzene rings is 2. The number of nitrogens with one attached hydrogen (secondary N) is 1. The third-order valence-electron chi connectivity index (χ3n) is 5.44. The van der Waals surface area contributed by atoms with Crippen molar-refractivity contribution in [2.24, 2.45) is 5.92 Å². The third kappa shape index (κ3) is 5.20. The minimum atomic E-state index is -0.132. The second kappa shape index (κ2) is 10.0. The number of hydrogen-bond acceptors (Lipinski definition) is 7. The first-order valence-electron chi connectivity index (χ1n) is 10.4. The van der Waals surface area contributed by atoms with Crippen LogP contribution in [0, 0.1) is 5.92 Å². The van der Waals surface area contributed by atoms with E-state index in [2.05, 4.69) is 20.4 Å². The van der Waals surface area contributed by atoms with Gasteiger partial charge in [-0.3, -0.25) is 9.69 Å². The molecule has 1 fully saturated rings. The lowest BCUT2D eigenvalue weighted by atomic mass is 9.97. The van der Waals surface area contributed by atoms with Gasteiger partial charge in [0.1, 0.15) is 0 Å². The van der Waals surface area contributed by atoms with Gasteiger partial charge in [0, 0.05) is 28.9 Å². The van der Waals surface area contributed by atoms with Crippen LogP contribution >= 0.6 is 11.6 Å². The number of likely N-dealkylation sites (tertiary alicyclic amines) is 1. The Morgan fingerprint density at radius 2 is 2.06 bits per heavy atom. The molecule has 4 rings (SSSR count). The van der Waals surface area contributed by atoms with Gasteiger partial charge in [0.05, 0.1) is 26.7 Å². The average Bonchev–Trinajstić information content (AvgIpc) is 3.27. The first-order chi connectivity index (χ1) is 15.6. The fourth-order valence-electron chi connectivity index (χ4n) is 3.83. The first kappa shape index (κ1) is 22.1. The lowest BCUT2D eigenvalue weighted by Crippen LogP contribution is -2.40. The molecule has 3 aromatic rings. The Kier molecular flexibility index (Phi) is 6.92. The van der Waals surface area contributed by atoms with Gasteiger partial charge >= 0.3 is 0 Å². The molecule has 1 unspecified atom stereocenters. The number of aromatic nitrogens is 2. The van der Waals surface area contributed by atoms with Crippen molar-refractivity contribution in [2.75, 3.05) is 32.6 Å². The molecule has 9 heteroatoms. The molecule has 0 spiro atoms. The summed E-state index contributed by atoms with van der Waals surface area (Å²) in [6.45, 7) is 1.98. The molecule has 168 valence electrons. The summed E-state index contributed by atoms with van der Waals surface area (Å²) in [5.41, 5.74) is 1.48. The number of methoxy groups -OCH3 is 2. The SMILES string of the molecule is COc1ccc(NC(=O)C2CCCN(Cc3nc(-c4cccc(Cl)c4)no3)C2)cc1OC. The van der Waals surface area contributed by atoms with Crippen LogP contribution in [0.3, 0.4) is 0 Å². The fraction of sp³-hybridized carbons (Fsp3) is 0.348. The van der Waals surface area contributed by atoms with Crippen molar-refractivity contribution in [1.82, 2.24) is 15.0 Å². The number of anilines is 1. The summed E-state index contributed by atoms with van der Waals surface area (Å²) in [4.78, 5) is 19.5. The molecule has 0 saturated carbocycles. The number of halogens is 1. The Morgan fingerprint density at radius 1 is 1.22 bits per heavy atom. The Bertz CT molecular complexity index is 1090. The Morgan fingerprint density at radius 3 is 2.84 bits per heavy atom. The van der Waals surface area contributed by atoms with E-state index in [1.165, 1.54) is 0 Å². The van der Waals surface area contributed by atoms with E-state index in [4.69, 9.17) is 25.6 Å². The summed E-state index contributed by atoms with van der Waals surface area (Å²) >= 11 is 6.05. The van der Waals surface area contributed by atoms with E-state index in [9.17, 15) is 4.79 Å². The average molecular weight is 457 g/mol. The van der Waals surface area contributed by atoms with Gasteiger partial charge in [-0.1, -0.05) is 28.9 Å². The van der Waals surface area contributed by atoms with Crippen molar-refractivity contribution in [3.8, 4) is 22.9 Å². The number of nitrogens with zero attached hydrogens (tertiary/aromatic N) is 3. The van der Waals surface area contributed by atoms with Crippen LogP contribution in [0.2, 0.25) is 5.02 Å². The van der Waals surface area contributed by atoms with Crippen molar-refractivity contribution in [3.63, 3.8) is 0 Å². The highest BCUT2D eigenvalue weighted by atomic mass is 35.5. The maximum Gasteiger partial charge on any atom is 0.241 e. The molecule has 1 amide bonds. The van der Waals surface area contributed by atoms with Crippen molar-refractivity contribution in [2.45, 2.75) is 19.4 Å². The van der Waals surface area contributed by atoms with Crippen molar-refractivity contribution in [1.29, 1.82) is 0 Å². The van der Waals surface area contributed by atoms with Crippen LogP contribution in [0.4, 0.5) is 5.69 Å². The van der Waals surface area contributed by atoms with E-state index < -0.39 is 0 Å². The third-order valence-corrected chi connectivity index (χ3v) is 5.67. The molecule has 1 atom stereocenters. The molecule has 1 saturated heterocycles. The van der Waals surface area contributed by atoms with Gasteiger partial charge < -0.3 is 19.3 Å². The first-order valence-corrected chi connectivity index (χ1v) is 10.8. The topological polar surface area (TPSA) is 89.7 Å². The predicted octanol–water partition coefficient (Wildman–Crippen LogP) is 4.26. The van der Waals surface area contributed by atoms with Crippen molar-refractivity contribution >= 4 is 23.2 Å². The number of rotatable bonds is 7. The molecule has 0 radical (unpaired) electrons. The van der Waals surface area contributed by atoms with Crippen molar-refractivity contribution < 1.29 is 18.8 Å². The number of ether oxygens (including phenoxy) is 2. The molecule has 0 bridgehead atoms. The van der Waals surface area contributed by atoms with E-state index in [1.807, 2.05) is 12.1 Å². The quantitative estimate of drug-likeness (QED) is 0.568. The Balaban J connectivity index is 1.37. The predicted molar refractivity (Wildman–Crippen MR) is 121 cm³/mol. The summed E-state index contributed by atoms with van der Waals surface area (Å²) in [6.07, 6.45) is 1.74. The molecule has 1 aromatic heterocycles. The highest BCUT2D eigenvalue weighted by molar-refractivity contribution is 6.30. The molecule has 2 heterocycles. The van der Waals surface area contributed by atoms with Gasteiger partial charge in [0.15, 0.2) is 11.5 Å². The Hall–Kier alpha value is -3.10. The zero-order valence-corrected chi connectivity index (χ0v) is 18.8. The van der Waals surface area contributed by atoms with Gasteiger partial charge in [-0.05, 0) is 43.7 Å². The largest absolute Gasteiger partial charge is 0.493 e. The lowest BCUT2D eigenvalue weighted by Gasteiger charge is -2.30. The molecule has 1 N–H and O–H groups in total. The number of amides is 1. The molecule has 1 aliphatic rings. The molecular formula is C23H25ClN4O4. The van der Waals surface area contributed by atoms with Gasteiger partial charge in [0.25, 0.3) is 0 Å². The molecule has 2 aromatic carbocycles. The van der Waals surface area contributed by atoms with Crippen LogP contribution in [0.5, 0.6) is 11.5 Å². The minimum Gasteiger partial charge on any atom is -0.493 e. The van der Waals surface area contributed by atoms with E-state index in [1.54, 1.807) is 44.6 Å². The van der Waals surface area contributed by atoms with Gasteiger partial charge in [-0.15, -0.1) is 0 Å². The van der Waals surface area contributed by atoms with Crippen LogP contribution in [0.1, 0.15) is 18.7 Å². The fourth-order valence-corrected chi connectivity index (χ4v) is 4.02. The number of carbonyl (C=O) groups is 1. The van der Waals surface area contributed by atoms with Crippen LogP contribution in [-0.4, -0.2) is 48.3 Å². The molecule has 0 aliphatic carbocycles. The smallest absolute Gasteiger partial charge is 0.241 e. The van der Waals surface area contributed by atoms with E-state index in [0.29, 0.717) is 47.0 Å². The molecular weight excluding hydrogens is 432 g/mol. The number of carbonyl (C=O) groups excluding carboxylic acids is 1. The summed E-state index contributed by atoms with van der Waals surface area (Å²) < 4.78 is 16.0. The van der Waals surface area contributed by atoms with E-state index in [0.717, 1.165) is 24.9 Å². The summed E-state index contributed by atoms with van der Waals surface area (Å²) in [7, 11) is 3.14. The normalized spacial score (nSPS) is 16.5. The van der Waals surface area contributed by atoms with Crippen LogP contribution in [-0.2, 0) is 11.3 Å². The molecule has 1 aliphatic heterocycles. The van der Waals surface area contributed by atoms with Crippen molar-refractivity contribution in [3.05, 3.63) is 53.4 Å². The maximum absolute atomic E-state index is 12.9. The Labute approximate surface area is 191 Å². The number of piperidine rings is 1. The van der Waals surface area contributed by atoms with Gasteiger partial charge in [0.2, 0.25) is 17.6 Å². The van der Waals surface area contributed by atoms with Crippen LogP contribution < -0.4 is 14.8 Å². The maximum atomic E-state index is 12.9. The van der Waals surface area contributed by atoms with Gasteiger partial charge in [-0.25, -0.2) is 0 Å². The molecule has 32 heavy (non-hydrogen) atoms. The van der Waals surface area contributed by atoms with E-state index >= 15 is 0 Å². The summed E-state index contributed by atoms with van der Waals surface area (Å²) in [5, 5.41) is 7.67. The standard InChI is InChI=1S/C23H25ClN4O4/c1-30-19-9-8-18(12-20(19)31-2)25-23(29)16-6-4-10-28(13-16)14-21-26-22(27-32-21)15-5-3-7-17(24)11-15/h3,5,7-9,11-12,16H,4,6,10,13-14H2,1-2H3,(H,25,29). The van der Waals surface area contributed by atoms with Crippen LogP contribution in [0.15, 0.2) is 47.0 Å². The minimum absolute atomic E-state index is 0.0212. The number of hydrogen-bond donors (Lipinski definition) is 1. The second-order valence-corrected chi connectivity index (χ2v) is 8.09. The zero-order valence-electron chi connectivity index (χ0n) is 18.0. The highest BCUT2D eigenvalue weighted by Crippen LogP contribution is 2.30.